The minimum absolute atomic E-state index is 0.107. The van der Waals surface area contributed by atoms with E-state index in [1.807, 2.05) is 6.07 Å². The van der Waals surface area contributed by atoms with Crippen molar-refractivity contribution >= 4 is 11.6 Å². The molecule has 5 heteroatoms. The van der Waals surface area contributed by atoms with Crippen LogP contribution in [-0.2, 0) is 4.74 Å². The number of ether oxygens (including phenoxy) is 1. The molecule has 1 aliphatic heterocycles. The van der Waals surface area contributed by atoms with E-state index < -0.39 is 0 Å². The normalized spacial score (nSPS) is 17.9. The van der Waals surface area contributed by atoms with Crippen LogP contribution in [0.1, 0.15) is 43.1 Å². The number of anilines is 1. The predicted octanol–water partition coefficient (Wildman–Crippen LogP) is 2.20. The number of amides is 1. The van der Waals surface area contributed by atoms with E-state index in [1.165, 1.54) is 0 Å². The maximum absolute atomic E-state index is 11.8. The lowest BCUT2D eigenvalue weighted by molar-refractivity contribution is 0.0948. The van der Waals surface area contributed by atoms with Crippen molar-refractivity contribution in [2.45, 2.75) is 38.7 Å². The summed E-state index contributed by atoms with van der Waals surface area (Å²) in [5, 5.41) is 6.14. The summed E-state index contributed by atoms with van der Waals surface area (Å²) in [7, 11) is 0. The summed E-state index contributed by atoms with van der Waals surface area (Å²) in [5.74, 6) is -0.107. The van der Waals surface area contributed by atoms with Gasteiger partial charge in [0.15, 0.2) is 0 Å². The summed E-state index contributed by atoms with van der Waals surface area (Å²) in [5.41, 5.74) is 1.38. The van der Waals surface area contributed by atoms with Crippen molar-refractivity contribution in [3.05, 3.63) is 24.0 Å². The third kappa shape index (κ3) is 4.49. The average Bonchev–Trinajstić information content (AvgIpc) is 2.99. The van der Waals surface area contributed by atoms with Crippen molar-refractivity contribution in [2.24, 2.45) is 0 Å². The molecule has 5 nitrogen and oxygen atoms in total. The summed E-state index contributed by atoms with van der Waals surface area (Å²) in [6.45, 7) is 4.46. The van der Waals surface area contributed by atoms with E-state index in [9.17, 15) is 4.79 Å². The Balaban J connectivity index is 1.78. The molecule has 110 valence electrons. The van der Waals surface area contributed by atoms with Gasteiger partial charge in [-0.3, -0.25) is 4.79 Å². The van der Waals surface area contributed by atoms with Crippen LogP contribution < -0.4 is 10.6 Å². The molecule has 2 N–H and O–H groups in total. The van der Waals surface area contributed by atoms with Gasteiger partial charge in [0.25, 0.3) is 5.91 Å². The van der Waals surface area contributed by atoms with Gasteiger partial charge in [-0.1, -0.05) is 13.3 Å². The first kappa shape index (κ1) is 14.8. The lowest BCUT2D eigenvalue weighted by Crippen LogP contribution is -2.25. The molecule has 1 saturated heterocycles. The monoisotopic (exact) mass is 277 g/mol. The van der Waals surface area contributed by atoms with Gasteiger partial charge in [0.05, 0.1) is 18.0 Å². The van der Waals surface area contributed by atoms with Crippen LogP contribution in [0.5, 0.6) is 0 Å². The van der Waals surface area contributed by atoms with Gasteiger partial charge in [-0.05, 0) is 31.4 Å². The fourth-order valence-electron chi connectivity index (χ4n) is 2.14. The van der Waals surface area contributed by atoms with Crippen LogP contribution in [0.2, 0.25) is 0 Å². The van der Waals surface area contributed by atoms with Gasteiger partial charge in [0.1, 0.15) is 5.69 Å². The SMILES string of the molecule is CCCCNC(=O)c1ccc(NCC2CCCO2)cn1. The third-order valence-corrected chi connectivity index (χ3v) is 3.37. The topological polar surface area (TPSA) is 63.2 Å². The fourth-order valence-corrected chi connectivity index (χ4v) is 2.14. The summed E-state index contributed by atoms with van der Waals surface area (Å²) >= 11 is 0. The minimum Gasteiger partial charge on any atom is -0.381 e. The third-order valence-electron chi connectivity index (χ3n) is 3.37. The zero-order chi connectivity index (χ0) is 14.2. The van der Waals surface area contributed by atoms with E-state index in [0.29, 0.717) is 18.3 Å². The maximum atomic E-state index is 11.8. The summed E-state index contributed by atoms with van der Waals surface area (Å²) < 4.78 is 5.54. The second-order valence-corrected chi connectivity index (χ2v) is 5.06. The number of hydrogen-bond acceptors (Lipinski definition) is 4. The average molecular weight is 277 g/mol. The zero-order valence-electron chi connectivity index (χ0n) is 12.0. The second-order valence-electron chi connectivity index (χ2n) is 5.06. The first-order chi connectivity index (χ1) is 9.79. The number of hydrogen-bond donors (Lipinski definition) is 2. The zero-order valence-corrected chi connectivity index (χ0v) is 12.0. The molecule has 1 aliphatic rings. The quantitative estimate of drug-likeness (QED) is 0.750. The van der Waals surface area contributed by atoms with Gasteiger partial charge in [-0.15, -0.1) is 0 Å². The number of nitrogens with zero attached hydrogens (tertiary/aromatic N) is 1. The molecule has 0 spiro atoms. The number of nitrogens with one attached hydrogen (secondary N) is 2. The van der Waals surface area contributed by atoms with Gasteiger partial charge >= 0.3 is 0 Å². The lowest BCUT2D eigenvalue weighted by atomic mass is 10.2. The van der Waals surface area contributed by atoms with Crippen LogP contribution in [0, 0.1) is 0 Å². The highest BCUT2D eigenvalue weighted by Crippen LogP contribution is 2.13. The van der Waals surface area contributed by atoms with E-state index in [1.54, 1.807) is 12.3 Å². The van der Waals surface area contributed by atoms with Crippen LogP contribution in [0.3, 0.4) is 0 Å². The summed E-state index contributed by atoms with van der Waals surface area (Å²) in [4.78, 5) is 16.0. The Morgan fingerprint density at radius 3 is 3.05 bits per heavy atom. The van der Waals surface area contributed by atoms with Crippen LogP contribution in [-0.4, -0.2) is 36.7 Å². The van der Waals surface area contributed by atoms with E-state index in [4.69, 9.17) is 4.74 Å². The predicted molar refractivity (Wildman–Crippen MR) is 78.9 cm³/mol. The van der Waals surface area contributed by atoms with Gasteiger partial charge in [-0.2, -0.15) is 0 Å². The smallest absolute Gasteiger partial charge is 0.269 e. The van der Waals surface area contributed by atoms with Crippen molar-refractivity contribution in [3.63, 3.8) is 0 Å². The lowest BCUT2D eigenvalue weighted by Gasteiger charge is -2.11. The number of aromatic nitrogens is 1. The molecule has 0 aliphatic carbocycles. The first-order valence-electron chi connectivity index (χ1n) is 7.39. The molecule has 0 bridgehead atoms. The standard InChI is InChI=1S/C15H23N3O2/c1-2-3-8-16-15(19)14-7-6-12(10-18-14)17-11-13-5-4-9-20-13/h6-7,10,13,17H,2-5,8-9,11H2,1H3,(H,16,19). The van der Waals surface area contributed by atoms with E-state index in [-0.39, 0.29) is 5.91 Å². The highest BCUT2D eigenvalue weighted by Gasteiger charge is 2.14. The number of carbonyl (C=O) groups is 1. The molecule has 0 aromatic carbocycles. The molecule has 0 saturated carbocycles. The van der Waals surface area contributed by atoms with Crippen LogP contribution in [0.25, 0.3) is 0 Å². The van der Waals surface area contributed by atoms with Crippen molar-refractivity contribution in [3.8, 4) is 0 Å². The van der Waals surface area contributed by atoms with Gasteiger partial charge in [-0.25, -0.2) is 4.98 Å². The molecule has 1 amide bonds. The Morgan fingerprint density at radius 1 is 1.50 bits per heavy atom. The Bertz CT molecular complexity index is 414. The summed E-state index contributed by atoms with van der Waals surface area (Å²) in [6.07, 6.45) is 6.31. The first-order valence-corrected chi connectivity index (χ1v) is 7.39. The number of carbonyl (C=O) groups excluding carboxylic acids is 1. The summed E-state index contributed by atoms with van der Waals surface area (Å²) in [6, 6.07) is 3.63. The number of unbranched alkanes of at least 4 members (excludes halogenated alkanes) is 1. The molecule has 2 heterocycles. The van der Waals surface area contributed by atoms with Crippen LogP contribution in [0.4, 0.5) is 5.69 Å². The van der Waals surface area contributed by atoms with Crippen LogP contribution in [0.15, 0.2) is 18.3 Å². The van der Waals surface area contributed by atoms with Crippen molar-refractivity contribution < 1.29 is 9.53 Å². The second kappa shape index (κ2) is 7.85. The van der Waals surface area contributed by atoms with E-state index >= 15 is 0 Å². The molecule has 1 aromatic heterocycles. The molecule has 1 unspecified atom stereocenters. The minimum atomic E-state index is -0.107. The number of pyridine rings is 1. The van der Waals surface area contributed by atoms with Crippen molar-refractivity contribution in [1.29, 1.82) is 0 Å². The Hall–Kier alpha value is -1.62. The molecule has 0 radical (unpaired) electrons. The molecule has 2 rings (SSSR count). The molecule has 1 aromatic rings. The fraction of sp³-hybridized carbons (Fsp3) is 0.600. The Labute approximate surface area is 120 Å². The van der Waals surface area contributed by atoms with Gasteiger partial charge in [0, 0.05) is 19.7 Å². The van der Waals surface area contributed by atoms with Gasteiger partial charge < -0.3 is 15.4 Å². The molecule has 1 atom stereocenters. The van der Waals surface area contributed by atoms with Crippen molar-refractivity contribution in [1.82, 2.24) is 10.3 Å². The number of rotatable bonds is 7. The molecule has 20 heavy (non-hydrogen) atoms. The molecule has 1 fully saturated rings. The van der Waals surface area contributed by atoms with Crippen LogP contribution >= 0.6 is 0 Å². The van der Waals surface area contributed by atoms with Gasteiger partial charge in [0.2, 0.25) is 0 Å². The highest BCUT2D eigenvalue weighted by atomic mass is 16.5. The Kier molecular flexibility index (Phi) is 5.80. The highest BCUT2D eigenvalue weighted by molar-refractivity contribution is 5.92. The Morgan fingerprint density at radius 2 is 2.40 bits per heavy atom. The molecular formula is C15H23N3O2. The van der Waals surface area contributed by atoms with E-state index in [0.717, 1.165) is 44.5 Å². The maximum Gasteiger partial charge on any atom is 0.269 e. The van der Waals surface area contributed by atoms with E-state index in [2.05, 4.69) is 22.5 Å². The molecular weight excluding hydrogens is 254 g/mol. The largest absolute Gasteiger partial charge is 0.381 e. The van der Waals surface area contributed by atoms with Crippen molar-refractivity contribution in [2.75, 3.05) is 25.0 Å².